The fourth-order valence-corrected chi connectivity index (χ4v) is 4.75. The molecule has 0 aliphatic heterocycles. The van der Waals surface area contributed by atoms with Crippen LogP contribution in [-0.2, 0) is 16.0 Å². The molecule has 0 heterocycles. The third kappa shape index (κ3) is 7.85. The van der Waals surface area contributed by atoms with Crippen LogP contribution in [0.3, 0.4) is 0 Å². The molecule has 4 rings (SSSR count). The van der Waals surface area contributed by atoms with E-state index in [1.54, 1.807) is 48.5 Å². The molecular formula is C35H36N2O5. The Morgan fingerprint density at radius 3 is 2.21 bits per heavy atom. The summed E-state index contributed by atoms with van der Waals surface area (Å²) in [5.74, 6) is -0.452. The molecule has 4 aromatic rings. The highest BCUT2D eigenvalue weighted by atomic mass is 16.5. The Hall–Kier alpha value is -4.91. The van der Waals surface area contributed by atoms with Gasteiger partial charge in [-0.05, 0) is 54.8 Å². The van der Waals surface area contributed by atoms with Gasteiger partial charge >= 0.3 is 5.97 Å². The minimum atomic E-state index is -1.02. The highest BCUT2D eigenvalue weighted by Gasteiger charge is 2.21. The molecule has 0 bridgehead atoms. The van der Waals surface area contributed by atoms with Crippen molar-refractivity contribution in [2.24, 2.45) is 0 Å². The van der Waals surface area contributed by atoms with Crippen molar-refractivity contribution in [2.45, 2.75) is 39.2 Å². The second-order valence-corrected chi connectivity index (χ2v) is 10.0. The van der Waals surface area contributed by atoms with Gasteiger partial charge < -0.3 is 20.1 Å². The van der Waals surface area contributed by atoms with E-state index in [9.17, 15) is 19.5 Å². The van der Waals surface area contributed by atoms with Gasteiger partial charge in [-0.2, -0.15) is 0 Å². The molecule has 0 aliphatic carbocycles. The molecule has 0 unspecified atom stereocenters. The van der Waals surface area contributed by atoms with Gasteiger partial charge in [0, 0.05) is 41.9 Å². The summed E-state index contributed by atoms with van der Waals surface area (Å²) in [5.41, 5.74) is 4.21. The zero-order chi connectivity index (χ0) is 29.9. The van der Waals surface area contributed by atoms with Gasteiger partial charge in [-0.1, -0.05) is 79.7 Å². The molecule has 7 heteroatoms. The molecule has 1 amide bonds. The number of anilines is 2. The van der Waals surface area contributed by atoms with E-state index in [0.717, 1.165) is 16.8 Å². The van der Waals surface area contributed by atoms with Crippen LogP contribution in [0.4, 0.5) is 11.4 Å². The topological polar surface area (TPSA) is 95.9 Å². The van der Waals surface area contributed by atoms with Crippen LogP contribution >= 0.6 is 0 Å². The molecule has 0 saturated heterocycles. The quantitative estimate of drug-likeness (QED) is 0.133. The number of carboxylic acid groups (broad SMARTS) is 1. The van der Waals surface area contributed by atoms with Gasteiger partial charge in [0.15, 0.2) is 5.78 Å². The number of hydrogen-bond acceptors (Lipinski definition) is 5. The molecule has 0 aromatic heterocycles. The molecule has 7 nitrogen and oxygen atoms in total. The fraction of sp³-hybridized carbons (Fsp3) is 0.229. The number of aliphatic carboxylic acids is 1. The lowest BCUT2D eigenvalue weighted by atomic mass is 10.00. The number of benzene rings is 4. The number of hydrogen-bond donors (Lipinski definition) is 2. The van der Waals surface area contributed by atoms with E-state index >= 15 is 0 Å². The summed E-state index contributed by atoms with van der Waals surface area (Å²) in [7, 11) is 0. The monoisotopic (exact) mass is 564 g/mol. The highest BCUT2D eigenvalue weighted by Crippen LogP contribution is 2.23. The van der Waals surface area contributed by atoms with Gasteiger partial charge in [0.2, 0.25) is 5.91 Å². The maximum Gasteiger partial charge on any atom is 0.326 e. The van der Waals surface area contributed by atoms with E-state index in [2.05, 4.69) is 5.32 Å². The van der Waals surface area contributed by atoms with E-state index in [1.165, 1.54) is 0 Å². The van der Waals surface area contributed by atoms with Crippen LogP contribution in [0.2, 0.25) is 0 Å². The van der Waals surface area contributed by atoms with E-state index in [0.29, 0.717) is 48.6 Å². The first-order valence-corrected chi connectivity index (χ1v) is 14.1. The Kier molecular flexibility index (Phi) is 10.5. The Labute approximate surface area is 246 Å². The molecule has 42 heavy (non-hydrogen) atoms. The summed E-state index contributed by atoms with van der Waals surface area (Å²) in [6.07, 6.45) is 1.31. The number of aryl methyl sites for hydroxylation is 1. The van der Waals surface area contributed by atoms with Crippen molar-refractivity contribution in [2.75, 3.05) is 23.4 Å². The minimum Gasteiger partial charge on any atom is -0.494 e. The summed E-state index contributed by atoms with van der Waals surface area (Å²) >= 11 is 0. The number of carboxylic acids is 1. The predicted molar refractivity (Wildman–Crippen MR) is 165 cm³/mol. The Morgan fingerprint density at radius 1 is 0.857 bits per heavy atom. The molecule has 216 valence electrons. The van der Waals surface area contributed by atoms with Gasteiger partial charge in [-0.3, -0.25) is 9.59 Å². The third-order valence-corrected chi connectivity index (χ3v) is 7.00. The first-order chi connectivity index (χ1) is 20.4. The van der Waals surface area contributed by atoms with Crippen LogP contribution < -0.4 is 15.0 Å². The second-order valence-electron chi connectivity index (χ2n) is 10.0. The van der Waals surface area contributed by atoms with Crippen LogP contribution in [0, 0.1) is 6.92 Å². The van der Waals surface area contributed by atoms with Crippen LogP contribution in [0.15, 0.2) is 103 Å². The van der Waals surface area contributed by atoms with Crippen molar-refractivity contribution >= 4 is 29.0 Å². The zero-order valence-corrected chi connectivity index (χ0v) is 24.0. The normalized spacial score (nSPS) is 11.4. The van der Waals surface area contributed by atoms with Crippen LogP contribution in [0.5, 0.6) is 5.75 Å². The summed E-state index contributed by atoms with van der Waals surface area (Å²) < 4.78 is 5.92. The average Bonchev–Trinajstić information content (AvgIpc) is 3.02. The fourth-order valence-electron chi connectivity index (χ4n) is 4.75. The third-order valence-electron chi connectivity index (χ3n) is 7.00. The van der Waals surface area contributed by atoms with E-state index in [1.807, 2.05) is 73.3 Å². The molecule has 0 radical (unpaired) electrons. The molecule has 0 aliphatic rings. The van der Waals surface area contributed by atoms with E-state index < -0.39 is 12.0 Å². The molecule has 2 N–H and O–H groups in total. The summed E-state index contributed by atoms with van der Waals surface area (Å²) in [6.45, 7) is 4.84. The molecule has 1 atom stereocenters. The van der Waals surface area contributed by atoms with Crippen molar-refractivity contribution < 1.29 is 24.2 Å². The SMILES string of the molecule is CCC(=O)N(CCCOc1ccc(C[C@H](Nc2ccccc2C(=O)c2ccccc2)C(=O)O)cc1)c1ccccc1C. The standard InChI is InChI=1S/C35H36N2O5/c1-3-33(38)37(32-17-10-7-12-25(32)2)22-11-23-42-28-20-18-26(19-21-28)24-31(35(40)41)36-30-16-9-8-15-29(30)34(39)27-13-5-4-6-14-27/h4-10,12-21,31,36H,3,11,22-24H2,1-2H3,(H,40,41)/t31-/m0/s1. The van der Waals surface area contributed by atoms with Gasteiger partial charge in [0.25, 0.3) is 0 Å². The number of ketones is 1. The van der Waals surface area contributed by atoms with Gasteiger partial charge in [0.1, 0.15) is 11.8 Å². The Morgan fingerprint density at radius 2 is 1.52 bits per heavy atom. The number of nitrogens with zero attached hydrogens (tertiary/aromatic N) is 1. The molecule has 0 saturated carbocycles. The van der Waals surface area contributed by atoms with E-state index in [4.69, 9.17) is 4.74 Å². The van der Waals surface area contributed by atoms with Crippen LogP contribution in [0.1, 0.15) is 46.8 Å². The van der Waals surface area contributed by atoms with Gasteiger partial charge in [-0.15, -0.1) is 0 Å². The van der Waals surface area contributed by atoms with Crippen molar-refractivity contribution in [3.63, 3.8) is 0 Å². The number of carbonyl (C=O) groups excluding carboxylic acids is 2. The maximum atomic E-state index is 13.1. The largest absolute Gasteiger partial charge is 0.494 e. The number of ether oxygens (including phenoxy) is 1. The predicted octanol–water partition coefficient (Wildman–Crippen LogP) is 6.55. The Balaban J connectivity index is 1.35. The lowest BCUT2D eigenvalue weighted by Crippen LogP contribution is -2.32. The Bertz CT molecular complexity index is 1500. The first kappa shape index (κ1) is 30.1. The lowest BCUT2D eigenvalue weighted by molar-refractivity contribution is -0.137. The number of amides is 1. The molecule has 4 aromatic carbocycles. The highest BCUT2D eigenvalue weighted by molar-refractivity contribution is 6.12. The van der Waals surface area contributed by atoms with Crippen molar-refractivity contribution in [1.82, 2.24) is 0 Å². The smallest absolute Gasteiger partial charge is 0.326 e. The lowest BCUT2D eigenvalue weighted by Gasteiger charge is -2.24. The minimum absolute atomic E-state index is 0.0716. The molecule has 0 spiro atoms. The number of carbonyl (C=O) groups is 3. The number of rotatable bonds is 14. The van der Waals surface area contributed by atoms with E-state index in [-0.39, 0.29) is 18.1 Å². The summed E-state index contributed by atoms with van der Waals surface area (Å²) in [4.78, 5) is 39.6. The molecule has 0 fully saturated rings. The van der Waals surface area contributed by atoms with Crippen molar-refractivity contribution in [3.8, 4) is 5.75 Å². The first-order valence-electron chi connectivity index (χ1n) is 14.1. The summed E-state index contributed by atoms with van der Waals surface area (Å²) in [6, 6.07) is 30.1. The summed E-state index contributed by atoms with van der Waals surface area (Å²) in [5, 5.41) is 13.0. The average molecular weight is 565 g/mol. The van der Waals surface area contributed by atoms with Gasteiger partial charge in [-0.25, -0.2) is 4.79 Å². The van der Waals surface area contributed by atoms with Crippen LogP contribution in [0.25, 0.3) is 0 Å². The maximum absolute atomic E-state index is 13.1. The van der Waals surface area contributed by atoms with Crippen molar-refractivity contribution in [1.29, 1.82) is 0 Å². The van der Waals surface area contributed by atoms with Crippen molar-refractivity contribution in [3.05, 3.63) is 125 Å². The number of para-hydroxylation sites is 2. The van der Waals surface area contributed by atoms with Crippen LogP contribution in [-0.4, -0.2) is 42.0 Å². The van der Waals surface area contributed by atoms with Gasteiger partial charge in [0.05, 0.1) is 6.61 Å². The molecular weight excluding hydrogens is 528 g/mol. The number of nitrogens with one attached hydrogen (secondary N) is 1. The second kappa shape index (κ2) is 14.6. The zero-order valence-electron chi connectivity index (χ0n) is 24.0.